The van der Waals surface area contributed by atoms with Gasteiger partial charge in [0.25, 0.3) is 0 Å². The van der Waals surface area contributed by atoms with Crippen LogP contribution in [0.15, 0.2) is 24.3 Å². The van der Waals surface area contributed by atoms with E-state index in [-0.39, 0.29) is 0 Å². The van der Waals surface area contributed by atoms with Crippen LogP contribution in [0.1, 0.15) is 50.5 Å². The molecule has 1 aliphatic carbocycles. The summed E-state index contributed by atoms with van der Waals surface area (Å²) < 4.78 is 6.30. The van der Waals surface area contributed by atoms with Gasteiger partial charge in [0.15, 0.2) is 0 Å². The molecule has 0 bridgehead atoms. The molecule has 0 radical (unpaired) electrons. The summed E-state index contributed by atoms with van der Waals surface area (Å²) in [6.07, 6.45) is 10.1. The van der Waals surface area contributed by atoms with Crippen LogP contribution in [0.5, 0.6) is 0 Å². The van der Waals surface area contributed by atoms with E-state index in [4.69, 9.17) is 16.3 Å². The van der Waals surface area contributed by atoms with E-state index >= 15 is 0 Å². The van der Waals surface area contributed by atoms with Crippen LogP contribution < -0.4 is 0 Å². The number of hydrogen-bond acceptors (Lipinski definition) is 2. The molecule has 3 heteroatoms. The highest BCUT2D eigenvalue weighted by Crippen LogP contribution is 2.25. The monoisotopic (exact) mass is 307 g/mol. The molecule has 116 valence electrons. The highest BCUT2D eigenvalue weighted by molar-refractivity contribution is 6.30. The molecule has 1 saturated carbocycles. The lowest BCUT2D eigenvalue weighted by molar-refractivity contribution is -0.0565. The smallest absolute Gasteiger partial charge is 0.0603 e. The van der Waals surface area contributed by atoms with Crippen LogP contribution in [0.25, 0.3) is 0 Å². The normalized spacial score (nSPS) is 22.5. The maximum absolute atomic E-state index is 6.30. The minimum atomic E-state index is 0.495. The second kappa shape index (κ2) is 7.62. The van der Waals surface area contributed by atoms with Crippen molar-refractivity contribution in [3.63, 3.8) is 0 Å². The maximum Gasteiger partial charge on any atom is 0.0603 e. The van der Waals surface area contributed by atoms with Gasteiger partial charge in [-0.1, -0.05) is 43.0 Å². The third-order valence-electron chi connectivity index (χ3n) is 4.79. The maximum atomic E-state index is 6.30. The van der Waals surface area contributed by atoms with Gasteiger partial charge >= 0.3 is 0 Å². The number of rotatable bonds is 4. The lowest BCUT2D eigenvalue weighted by Crippen LogP contribution is -2.38. The molecule has 1 saturated heterocycles. The molecule has 21 heavy (non-hydrogen) atoms. The molecule has 0 N–H and O–H groups in total. The Morgan fingerprint density at radius 2 is 1.52 bits per heavy atom. The van der Waals surface area contributed by atoms with Crippen LogP contribution in [0, 0.1) is 0 Å². The predicted octanol–water partition coefficient (Wildman–Crippen LogP) is 4.65. The second-order valence-corrected chi connectivity index (χ2v) is 6.93. The summed E-state index contributed by atoms with van der Waals surface area (Å²) in [6, 6.07) is 8.23. The summed E-state index contributed by atoms with van der Waals surface area (Å²) in [5.74, 6) is 0. The summed E-state index contributed by atoms with van der Waals surface area (Å²) in [7, 11) is 0. The molecule has 0 spiro atoms. The molecule has 1 heterocycles. The van der Waals surface area contributed by atoms with Crippen LogP contribution in [-0.4, -0.2) is 30.2 Å². The third kappa shape index (κ3) is 4.70. The van der Waals surface area contributed by atoms with E-state index < -0.39 is 0 Å². The topological polar surface area (TPSA) is 12.5 Å². The fraction of sp³-hybridized carbons (Fsp3) is 0.667. The molecule has 0 amide bonds. The largest absolute Gasteiger partial charge is 0.375 e. The Morgan fingerprint density at radius 1 is 0.905 bits per heavy atom. The number of nitrogens with zero attached hydrogens (tertiary/aromatic N) is 1. The number of likely N-dealkylation sites (tertiary alicyclic amines) is 1. The lowest BCUT2D eigenvalue weighted by Gasteiger charge is -2.35. The first kappa shape index (κ1) is 15.3. The van der Waals surface area contributed by atoms with Gasteiger partial charge in [0.05, 0.1) is 12.2 Å². The number of benzene rings is 1. The molecule has 1 aromatic rings. The summed E-state index contributed by atoms with van der Waals surface area (Å²) in [6.45, 7) is 3.34. The second-order valence-electron chi connectivity index (χ2n) is 6.50. The van der Waals surface area contributed by atoms with Crippen molar-refractivity contribution in [2.75, 3.05) is 13.1 Å². The summed E-state index contributed by atoms with van der Waals surface area (Å²) >= 11 is 5.94. The first-order chi connectivity index (χ1) is 10.3. The average Bonchev–Trinajstić information content (AvgIpc) is 2.53. The highest BCUT2D eigenvalue weighted by atomic mass is 35.5. The number of ether oxygens (including phenoxy) is 1. The molecule has 1 aromatic carbocycles. The van der Waals surface area contributed by atoms with Crippen molar-refractivity contribution in [3.8, 4) is 0 Å². The SMILES string of the molecule is Clc1ccc(CN2CCC(OC3CCCCC3)CC2)cc1. The van der Waals surface area contributed by atoms with Crippen LogP contribution >= 0.6 is 11.6 Å². The number of piperidine rings is 1. The average molecular weight is 308 g/mol. The van der Waals surface area contributed by atoms with Crippen molar-refractivity contribution in [1.82, 2.24) is 4.90 Å². The van der Waals surface area contributed by atoms with Crippen molar-refractivity contribution < 1.29 is 4.74 Å². The molecular weight excluding hydrogens is 282 g/mol. The van der Waals surface area contributed by atoms with Gasteiger partial charge in [0, 0.05) is 24.7 Å². The summed E-state index contributed by atoms with van der Waals surface area (Å²) in [4.78, 5) is 2.53. The van der Waals surface area contributed by atoms with E-state index in [9.17, 15) is 0 Å². The fourth-order valence-electron chi connectivity index (χ4n) is 3.52. The zero-order valence-corrected chi connectivity index (χ0v) is 13.5. The Morgan fingerprint density at radius 3 is 2.19 bits per heavy atom. The standard InChI is InChI=1S/C18H26ClNO/c19-16-8-6-15(7-9-16)14-20-12-10-18(11-13-20)21-17-4-2-1-3-5-17/h6-9,17-18H,1-5,10-14H2. The van der Waals surface area contributed by atoms with Gasteiger partial charge in [-0.3, -0.25) is 4.90 Å². The zero-order chi connectivity index (χ0) is 14.5. The Labute approximate surface area is 133 Å². The predicted molar refractivity (Wildman–Crippen MR) is 87.7 cm³/mol. The Bertz CT molecular complexity index is 419. The van der Waals surface area contributed by atoms with E-state index in [1.807, 2.05) is 12.1 Å². The van der Waals surface area contributed by atoms with Gasteiger partial charge in [0.2, 0.25) is 0 Å². The number of hydrogen-bond donors (Lipinski definition) is 0. The molecule has 1 aliphatic heterocycles. The van der Waals surface area contributed by atoms with E-state index in [1.54, 1.807) is 0 Å². The van der Waals surface area contributed by atoms with Crippen LogP contribution in [-0.2, 0) is 11.3 Å². The van der Waals surface area contributed by atoms with Crippen LogP contribution in [0.4, 0.5) is 0 Å². The van der Waals surface area contributed by atoms with Crippen molar-refractivity contribution in [3.05, 3.63) is 34.9 Å². The molecule has 0 unspecified atom stereocenters. The van der Waals surface area contributed by atoms with E-state index in [1.165, 1.54) is 50.5 Å². The highest BCUT2D eigenvalue weighted by Gasteiger charge is 2.23. The minimum Gasteiger partial charge on any atom is -0.375 e. The van der Waals surface area contributed by atoms with Gasteiger partial charge in [-0.2, -0.15) is 0 Å². The van der Waals surface area contributed by atoms with Crippen LogP contribution in [0.2, 0.25) is 5.02 Å². The molecule has 0 atom stereocenters. The van der Waals surface area contributed by atoms with Gasteiger partial charge in [-0.05, 0) is 43.4 Å². The Kier molecular flexibility index (Phi) is 5.56. The Balaban J connectivity index is 1.41. The van der Waals surface area contributed by atoms with Crippen molar-refractivity contribution in [1.29, 1.82) is 0 Å². The Hall–Kier alpha value is -0.570. The lowest BCUT2D eigenvalue weighted by atomic mass is 9.97. The first-order valence-corrected chi connectivity index (χ1v) is 8.79. The summed E-state index contributed by atoms with van der Waals surface area (Å²) in [5.41, 5.74) is 1.35. The van der Waals surface area contributed by atoms with Gasteiger partial charge in [0.1, 0.15) is 0 Å². The fourth-order valence-corrected chi connectivity index (χ4v) is 3.65. The quantitative estimate of drug-likeness (QED) is 0.802. The van der Waals surface area contributed by atoms with Gasteiger partial charge in [-0.25, -0.2) is 0 Å². The molecule has 2 aliphatic rings. The molecule has 3 rings (SSSR count). The van der Waals surface area contributed by atoms with E-state index in [0.717, 1.165) is 24.7 Å². The van der Waals surface area contributed by atoms with Gasteiger partial charge < -0.3 is 4.74 Å². The van der Waals surface area contributed by atoms with E-state index in [2.05, 4.69) is 17.0 Å². The first-order valence-electron chi connectivity index (χ1n) is 8.42. The summed E-state index contributed by atoms with van der Waals surface area (Å²) in [5, 5.41) is 0.818. The minimum absolute atomic E-state index is 0.495. The van der Waals surface area contributed by atoms with E-state index in [0.29, 0.717) is 12.2 Å². The molecule has 2 nitrogen and oxygen atoms in total. The molecule has 0 aromatic heterocycles. The zero-order valence-electron chi connectivity index (χ0n) is 12.8. The molecule has 2 fully saturated rings. The number of halogens is 1. The van der Waals surface area contributed by atoms with Crippen LogP contribution in [0.3, 0.4) is 0 Å². The van der Waals surface area contributed by atoms with Crippen molar-refractivity contribution in [2.24, 2.45) is 0 Å². The van der Waals surface area contributed by atoms with Crippen molar-refractivity contribution >= 4 is 11.6 Å². The van der Waals surface area contributed by atoms with Gasteiger partial charge in [-0.15, -0.1) is 0 Å². The van der Waals surface area contributed by atoms with Crippen molar-refractivity contribution in [2.45, 2.75) is 63.7 Å². The molecular formula is C18H26ClNO. The third-order valence-corrected chi connectivity index (χ3v) is 5.04.